The van der Waals surface area contributed by atoms with Crippen molar-refractivity contribution in [2.75, 3.05) is 18.4 Å². The summed E-state index contributed by atoms with van der Waals surface area (Å²) in [6.07, 6.45) is 2.18. The van der Waals surface area contributed by atoms with E-state index in [9.17, 15) is 9.59 Å². The third kappa shape index (κ3) is 2.41. The van der Waals surface area contributed by atoms with Crippen molar-refractivity contribution in [1.82, 2.24) is 14.9 Å². The second-order valence-electron chi connectivity index (χ2n) is 5.24. The monoisotopic (exact) mass is 274 g/mol. The van der Waals surface area contributed by atoms with E-state index >= 15 is 0 Å². The number of fused-ring (bicyclic) bond motifs is 1. The highest BCUT2D eigenvalue weighted by Crippen LogP contribution is 2.17. The van der Waals surface area contributed by atoms with Crippen molar-refractivity contribution in [3.8, 4) is 0 Å². The minimum atomic E-state index is -0.267. The first-order valence-electron chi connectivity index (χ1n) is 6.91. The van der Waals surface area contributed by atoms with Crippen LogP contribution in [0.25, 0.3) is 11.0 Å². The number of imidazole rings is 1. The number of likely N-dealkylation sites (tertiary alicyclic amines) is 1. The highest BCUT2D eigenvalue weighted by atomic mass is 16.2. The minimum Gasteiger partial charge on any atom is -0.374 e. The number of nitrogens with zero attached hydrogens (tertiary/aromatic N) is 1. The van der Waals surface area contributed by atoms with Gasteiger partial charge in [-0.05, 0) is 38.0 Å². The van der Waals surface area contributed by atoms with Crippen LogP contribution in [0.1, 0.15) is 19.8 Å². The van der Waals surface area contributed by atoms with Gasteiger partial charge in [-0.25, -0.2) is 4.79 Å². The molecule has 0 saturated carbocycles. The van der Waals surface area contributed by atoms with Crippen LogP contribution in [0.2, 0.25) is 0 Å². The number of rotatable bonds is 3. The summed E-state index contributed by atoms with van der Waals surface area (Å²) in [5, 5.41) is 3.19. The Bertz CT molecular complexity index is 682. The van der Waals surface area contributed by atoms with Gasteiger partial charge >= 0.3 is 5.69 Å². The fraction of sp³-hybridized carbons (Fsp3) is 0.429. The maximum Gasteiger partial charge on any atom is 0.323 e. The number of nitrogens with one attached hydrogen (secondary N) is 3. The molecule has 1 amide bonds. The topological polar surface area (TPSA) is 81.0 Å². The Balaban J connectivity index is 1.74. The highest BCUT2D eigenvalue weighted by Gasteiger charge is 2.23. The summed E-state index contributed by atoms with van der Waals surface area (Å²) in [7, 11) is 0. The van der Waals surface area contributed by atoms with Gasteiger partial charge in [0.25, 0.3) is 0 Å². The molecular weight excluding hydrogens is 256 g/mol. The van der Waals surface area contributed by atoms with Crippen molar-refractivity contribution >= 4 is 22.6 Å². The lowest BCUT2D eigenvalue weighted by Crippen LogP contribution is -2.39. The maximum atomic E-state index is 12.2. The first kappa shape index (κ1) is 12.8. The number of carbonyl (C=O) groups excluding carboxylic acids is 1. The average molecular weight is 274 g/mol. The van der Waals surface area contributed by atoms with Gasteiger partial charge in [0.1, 0.15) is 6.04 Å². The fourth-order valence-electron chi connectivity index (χ4n) is 2.65. The van der Waals surface area contributed by atoms with Gasteiger partial charge < -0.3 is 20.2 Å². The van der Waals surface area contributed by atoms with Crippen LogP contribution in [0.15, 0.2) is 23.0 Å². The van der Waals surface area contributed by atoms with Gasteiger partial charge in [0, 0.05) is 18.8 Å². The Morgan fingerprint density at radius 2 is 1.95 bits per heavy atom. The van der Waals surface area contributed by atoms with Crippen molar-refractivity contribution in [3.05, 3.63) is 28.7 Å². The lowest BCUT2D eigenvalue weighted by molar-refractivity contribution is -0.130. The standard InChI is InChI=1S/C14H18N4O2/c1-9(13(19)18-6-2-3-7-18)15-10-4-5-11-12(8-10)17-14(20)16-11/h4-5,8-9,15H,2-3,6-7H2,1H3,(H2,16,17,20)/t9-/m1/s1. The van der Waals surface area contributed by atoms with Crippen LogP contribution in [0.3, 0.4) is 0 Å². The molecule has 0 aliphatic carbocycles. The lowest BCUT2D eigenvalue weighted by atomic mass is 10.2. The highest BCUT2D eigenvalue weighted by molar-refractivity contribution is 5.86. The molecule has 6 nitrogen and oxygen atoms in total. The normalized spacial score (nSPS) is 16.6. The van der Waals surface area contributed by atoms with E-state index < -0.39 is 0 Å². The zero-order chi connectivity index (χ0) is 14.1. The molecule has 3 rings (SSSR count). The van der Waals surface area contributed by atoms with Gasteiger partial charge in [0.2, 0.25) is 5.91 Å². The van der Waals surface area contributed by atoms with Gasteiger partial charge in [0.15, 0.2) is 0 Å². The van der Waals surface area contributed by atoms with Crippen molar-refractivity contribution in [2.45, 2.75) is 25.8 Å². The number of anilines is 1. The van der Waals surface area contributed by atoms with E-state index in [2.05, 4.69) is 15.3 Å². The summed E-state index contributed by atoms with van der Waals surface area (Å²) in [6, 6.07) is 5.25. The predicted octanol–water partition coefficient (Wildman–Crippen LogP) is 1.28. The third-order valence-electron chi connectivity index (χ3n) is 3.69. The SMILES string of the molecule is C[C@@H](Nc1ccc2[nH]c(=O)[nH]c2c1)C(=O)N1CCCC1. The molecule has 1 saturated heterocycles. The zero-order valence-electron chi connectivity index (χ0n) is 11.4. The molecule has 20 heavy (non-hydrogen) atoms. The second-order valence-corrected chi connectivity index (χ2v) is 5.24. The number of carbonyl (C=O) groups is 1. The van der Waals surface area contributed by atoms with E-state index in [1.807, 2.05) is 30.0 Å². The maximum absolute atomic E-state index is 12.2. The second kappa shape index (κ2) is 5.03. The fourth-order valence-corrected chi connectivity index (χ4v) is 2.65. The lowest BCUT2D eigenvalue weighted by Gasteiger charge is -2.21. The number of H-pyrrole nitrogens is 2. The minimum absolute atomic E-state index is 0.130. The van der Waals surface area contributed by atoms with Crippen LogP contribution in [0.4, 0.5) is 5.69 Å². The molecule has 1 aliphatic heterocycles. The van der Waals surface area contributed by atoms with Crippen LogP contribution in [0, 0.1) is 0 Å². The molecule has 1 aliphatic rings. The van der Waals surface area contributed by atoms with Crippen LogP contribution >= 0.6 is 0 Å². The molecule has 2 heterocycles. The summed E-state index contributed by atoms with van der Waals surface area (Å²) in [5.74, 6) is 0.130. The van der Waals surface area contributed by atoms with Crippen molar-refractivity contribution in [1.29, 1.82) is 0 Å². The number of hydrogen-bond donors (Lipinski definition) is 3. The molecule has 6 heteroatoms. The first-order valence-corrected chi connectivity index (χ1v) is 6.91. The van der Waals surface area contributed by atoms with E-state index in [0.29, 0.717) is 0 Å². The molecule has 2 aromatic rings. The molecule has 0 spiro atoms. The van der Waals surface area contributed by atoms with Crippen LogP contribution in [0.5, 0.6) is 0 Å². The first-order chi connectivity index (χ1) is 9.63. The average Bonchev–Trinajstić information content (AvgIpc) is 3.05. The molecule has 0 radical (unpaired) electrons. The predicted molar refractivity (Wildman–Crippen MR) is 77.8 cm³/mol. The van der Waals surface area contributed by atoms with Gasteiger partial charge in [0.05, 0.1) is 11.0 Å². The van der Waals surface area contributed by atoms with Crippen molar-refractivity contribution in [3.63, 3.8) is 0 Å². The molecule has 1 aromatic carbocycles. The summed E-state index contributed by atoms with van der Waals surface area (Å²) in [6.45, 7) is 3.58. The molecule has 1 aromatic heterocycles. The number of aromatic nitrogens is 2. The molecule has 0 unspecified atom stereocenters. The van der Waals surface area contributed by atoms with E-state index in [1.54, 1.807) is 0 Å². The summed E-state index contributed by atoms with van der Waals surface area (Å²) in [5.41, 5.74) is 2.10. The number of benzene rings is 1. The molecule has 1 fully saturated rings. The Kier molecular flexibility index (Phi) is 3.22. The largest absolute Gasteiger partial charge is 0.374 e. The quantitative estimate of drug-likeness (QED) is 0.788. The molecule has 1 atom stereocenters. The van der Waals surface area contributed by atoms with Crippen LogP contribution < -0.4 is 11.0 Å². The zero-order valence-corrected chi connectivity index (χ0v) is 11.4. The smallest absolute Gasteiger partial charge is 0.323 e. The van der Waals surface area contributed by atoms with Gasteiger partial charge in [-0.3, -0.25) is 4.79 Å². The van der Waals surface area contributed by atoms with Crippen molar-refractivity contribution < 1.29 is 4.79 Å². The summed E-state index contributed by atoms with van der Waals surface area (Å²) >= 11 is 0. The molecule has 3 N–H and O–H groups in total. The Morgan fingerprint density at radius 3 is 2.70 bits per heavy atom. The van der Waals surface area contributed by atoms with Crippen LogP contribution in [-0.4, -0.2) is 39.9 Å². The van der Waals surface area contributed by atoms with Gasteiger partial charge in [-0.15, -0.1) is 0 Å². The molecule has 106 valence electrons. The van der Waals surface area contributed by atoms with Crippen LogP contribution in [-0.2, 0) is 4.79 Å². The Hall–Kier alpha value is -2.24. The summed E-state index contributed by atoms with van der Waals surface area (Å²) < 4.78 is 0. The van der Waals surface area contributed by atoms with E-state index in [0.717, 1.165) is 42.7 Å². The number of aromatic amines is 2. The number of hydrogen-bond acceptors (Lipinski definition) is 3. The molecular formula is C14H18N4O2. The van der Waals surface area contributed by atoms with Gasteiger partial charge in [-0.2, -0.15) is 0 Å². The van der Waals surface area contributed by atoms with E-state index in [-0.39, 0.29) is 17.6 Å². The summed E-state index contributed by atoms with van der Waals surface area (Å²) in [4.78, 5) is 30.7. The Labute approximate surface area is 116 Å². The Morgan fingerprint density at radius 1 is 1.25 bits per heavy atom. The van der Waals surface area contributed by atoms with Gasteiger partial charge in [-0.1, -0.05) is 0 Å². The third-order valence-corrected chi connectivity index (χ3v) is 3.69. The number of amides is 1. The van der Waals surface area contributed by atoms with E-state index in [1.165, 1.54) is 0 Å². The van der Waals surface area contributed by atoms with E-state index in [4.69, 9.17) is 0 Å². The molecule has 0 bridgehead atoms. The van der Waals surface area contributed by atoms with Crippen molar-refractivity contribution in [2.24, 2.45) is 0 Å².